The van der Waals surface area contributed by atoms with Crippen LogP contribution in [0.5, 0.6) is 5.75 Å². The van der Waals surface area contributed by atoms with Gasteiger partial charge in [0.05, 0.1) is 18.2 Å². The van der Waals surface area contributed by atoms with Crippen molar-refractivity contribution in [2.24, 2.45) is 17.8 Å². The number of nitrogens with zero attached hydrogens (tertiary/aromatic N) is 3. The van der Waals surface area contributed by atoms with Crippen LogP contribution < -0.4 is 9.64 Å². The lowest BCUT2D eigenvalue weighted by molar-refractivity contribution is -0.144. The Kier molecular flexibility index (Phi) is 8.42. The minimum atomic E-state index is -0.658. The van der Waals surface area contributed by atoms with Gasteiger partial charge in [0.2, 0.25) is 0 Å². The Morgan fingerprint density at radius 2 is 1.88 bits per heavy atom. The molecular weight excluding hydrogens is 526 g/mol. The van der Waals surface area contributed by atoms with Gasteiger partial charge in [0.15, 0.2) is 5.13 Å². The fourth-order valence-electron chi connectivity index (χ4n) is 6.14. The summed E-state index contributed by atoms with van der Waals surface area (Å²) in [7, 11) is 0. The third kappa shape index (κ3) is 5.71. The molecule has 3 aromatic rings. The number of likely N-dealkylation sites (N-methyl/N-ethyl adjacent to an activating group) is 1. The third-order valence-corrected chi connectivity index (χ3v) is 9.21. The van der Waals surface area contributed by atoms with Crippen LogP contribution in [0.2, 0.25) is 0 Å². The number of carboxylic acid groups (broad SMARTS) is 1. The first-order chi connectivity index (χ1) is 19.3. The predicted octanol–water partition coefficient (Wildman–Crippen LogP) is 5.01. The molecule has 2 bridgehead atoms. The highest BCUT2D eigenvalue weighted by atomic mass is 32.1. The van der Waals surface area contributed by atoms with E-state index in [1.807, 2.05) is 51.1 Å². The number of carbonyl (C=O) groups is 2. The number of rotatable bonds is 10. The summed E-state index contributed by atoms with van der Waals surface area (Å²) < 4.78 is 6.32. The maximum absolute atomic E-state index is 12.8. The number of aryl methyl sites for hydroxylation is 2. The van der Waals surface area contributed by atoms with Gasteiger partial charge in [-0.05, 0) is 80.8 Å². The standard InChI is InChI=1S/C31H37N3O5S/c1-4-33(11-12-35)29(36)21-6-9-24(20(3)14-21)17-39-27-10-5-19(2)13-25(27)26-18-40-31(32-26)34-15-22-7-8-23(16-34)28(22)30(37)38/h5-6,9-10,13-14,18,22-23,28,35H,4,7-8,11-12,15-17H2,1-3H3,(H,37,38)/t22-,23+,28+. The number of fused-ring (bicyclic) bond motifs is 2. The molecule has 9 heteroatoms. The van der Waals surface area contributed by atoms with Crippen LogP contribution >= 0.6 is 11.3 Å². The van der Waals surface area contributed by atoms with E-state index in [2.05, 4.69) is 16.3 Å². The van der Waals surface area contributed by atoms with E-state index >= 15 is 0 Å². The number of thiazole rings is 1. The number of amides is 1. The second-order valence-electron chi connectivity index (χ2n) is 10.9. The monoisotopic (exact) mass is 563 g/mol. The average molecular weight is 564 g/mol. The number of piperidine rings is 1. The fourth-order valence-corrected chi connectivity index (χ4v) is 6.98. The molecule has 40 heavy (non-hydrogen) atoms. The van der Waals surface area contributed by atoms with E-state index in [-0.39, 0.29) is 30.3 Å². The number of aromatic nitrogens is 1. The van der Waals surface area contributed by atoms with E-state index in [0.29, 0.717) is 25.3 Å². The lowest BCUT2D eigenvalue weighted by Gasteiger charge is -2.35. The second kappa shape index (κ2) is 12.0. The molecule has 0 unspecified atom stereocenters. The van der Waals surface area contributed by atoms with E-state index < -0.39 is 5.97 Å². The summed E-state index contributed by atoms with van der Waals surface area (Å²) in [5.74, 6) is 0.139. The van der Waals surface area contributed by atoms with Crippen molar-refractivity contribution >= 4 is 28.3 Å². The first-order valence-corrected chi connectivity index (χ1v) is 14.8. The number of anilines is 1. The number of aliphatic hydroxyl groups is 1. The normalized spacial score (nSPS) is 20.0. The van der Waals surface area contributed by atoms with Gasteiger partial charge in [-0.2, -0.15) is 0 Å². The van der Waals surface area contributed by atoms with Crippen molar-refractivity contribution in [1.29, 1.82) is 0 Å². The van der Waals surface area contributed by atoms with Gasteiger partial charge >= 0.3 is 5.97 Å². The van der Waals surface area contributed by atoms with Crippen molar-refractivity contribution in [3.8, 4) is 17.0 Å². The Morgan fingerprint density at radius 1 is 1.12 bits per heavy atom. The zero-order valence-corrected chi connectivity index (χ0v) is 24.1. The van der Waals surface area contributed by atoms with Crippen LogP contribution in [0, 0.1) is 31.6 Å². The summed E-state index contributed by atoms with van der Waals surface area (Å²) in [4.78, 5) is 33.4. The summed E-state index contributed by atoms with van der Waals surface area (Å²) in [6, 6.07) is 11.7. The highest BCUT2D eigenvalue weighted by Crippen LogP contribution is 2.44. The quantitative estimate of drug-likeness (QED) is 0.358. The Hall–Kier alpha value is -3.43. The summed E-state index contributed by atoms with van der Waals surface area (Å²) in [5.41, 5.74) is 5.45. The Balaban J connectivity index is 1.30. The lowest BCUT2D eigenvalue weighted by Crippen LogP contribution is -2.44. The molecule has 1 saturated heterocycles. The SMILES string of the molecule is CCN(CCO)C(=O)c1ccc(COc2ccc(C)cc2-c2csc(N3C[C@H]4CC[C@@H](C3)[C@H]4C(=O)O)n2)c(C)c1. The van der Waals surface area contributed by atoms with Crippen LogP contribution in [0.25, 0.3) is 11.3 Å². The van der Waals surface area contributed by atoms with Gasteiger partial charge < -0.3 is 24.7 Å². The molecule has 5 rings (SSSR count). The number of hydrogen-bond donors (Lipinski definition) is 2. The van der Waals surface area contributed by atoms with Gasteiger partial charge in [-0.3, -0.25) is 9.59 Å². The van der Waals surface area contributed by atoms with Gasteiger partial charge in [0.1, 0.15) is 12.4 Å². The number of carbonyl (C=O) groups excluding carboxylic acids is 1. The van der Waals surface area contributed by atoms with Crippen molar-refractivity contribution in [3.63, 3.8) is 0 Å². The van der Waals surface area contributed by atoms with Crippen LogP contribution in [-0.2, 0) is 11.4 Å². The number of hydrogen-bond acceptors (Lipinski definition) is 7. The van der Waals surface area contributed by atoms with Gasteiger partial charge in [0.25, 0.3) is 5.91 Å². The second-order valence-corrected chi connectivity index (χ2v) is 11.8. The summed E-state index contributed by atoms with van der Waals surface area (Å²) >= 11 is 1.60. The Morgan fingerprint density at radius 3 is 2.52 bits per heavy atom. The van der Waals surface area contributed by atoms with Crippen LogP contribution in [0.4, 0.5) is 5.13 Å². The first-order valence-electron chi connectivity index (χ1n) is 14.0. The molecule has 2 N–H and O–H groups in total. The largest absolute Gasteiger partial charge is 0.488 e. The van der Waals surface area contributed by atoms with Gasteiger partial charge in [-0.15, -0.1) is 11.3 Å². The van der Waals surface area contributed by atoms with Crippen molar-refractivity contribution in [3.05, 3.63) is 64.0 Å². The van der Waals surface area contributed by atoms with E-state index in [9.17, 15) is 19.8 Å². The predicted molar refractivity (Wildman–Crippen MR) is 156 cm³/mol. The van der Waals surface area contributed by atoms with Gasteiger partial charge in [-0.25, -0.2) is 4.98 Å². The van der Waals surface area contributed by atoms with Gasteiger partial charge in [0, 0.05) is 42.7 Å². The molecule has 1 aromatic heterocycles. The third-order valence-electron chi connectivity index (χ3n) is 8.30. The number of benzene rings is 2. The van der Waals surface area contributed by atoms with Gasteiger partial charge in [-0.1, -0.05) is 17.7 Å². The topological polar surface area (TPSA) is 103 Å². The fraction of sp³-hybridized carbons (Fsp3) is 0.452. The average Bonchev–Trinajstić information content (AvgIpc) is 3.54. The minimum Gasteiger partial charge on any atom is -0.488 e. The van der Waals surface area contributed by atoms with E-state index in [4.69, 9.17) is 9.72 Å². The van der Waals surface area contributed by atoms with Crippen molar-refractivity contribution < 1.29 is 24.5 Å². The highest BCUT2D eigenvalue weighted by molar-refractivity contribution is 7.14. The number of aliphatic carboxylic acids is 1. The zero-order chi connectivity index (χ0) is 28.4. The molecule has 2 heterocycles. The van der Waals surface area contributed by atoms with Crippen LogP contribution in [0.3, 0.4) is 0 Å². The number of aliphatic hydroxyl groups excluding tert-OH is 1. The molecular formula is C31H37N3O5S. The van der Waals surface area contributed by atoms with Crippen LogP contribution in [0.15, 0.2) is 41.8 Å². The van der Waals surface area contributed by atoms with E-state index in [0.717, 1.165) is 64.8 Å². The zero-order valence-electron chi connectivity index (χ0n) is 23.3. The highest BCUT2D eigenvalue weighted by Gasteiger charge is 2.46. The molecule has 2 aliphatic rings. The molecule has 2 fully saturated rings. The number of ether oxygens (including phenoxy) is 1. The molecule has 212 valence electrons. The van der Waals surface area contributed by atoms with Crippen molar-refractivity contribution in [1.82, 2.24) is 9.88 Å². The van der Waals surface area contributed by atoms with Crippen molar-refractivity contribution in [2.75, 3.05) is 37.7 Å². The molecule has 2 aromatic carbocycles. The molecule has 1 saturated carbocycles. The maximum atomic E-state index is 12.8. The Bertz CT molecular complexity index is 1380. The summed E-state index contributed by atoms with van der Waals surface area (Å²) in [6.45, 7) is 8.55. The molecule has 1 amide bonds. The molecule has 0 spiro atoms. The number of carboxylic acids is 1. The van der Waals surface area contributed by atoms with Crippen LogP contribution in [-0.4, -0.2) is 64.8 Å². The summed E-state index contributed by atoms with van der Waals surface area (Å²) in [6.07, 6.45) is 1.95. The molecule has 1 aliphatic heterocycles. The van der Waals surface area contributed by atoms with E-state index in [1.165, 1.54) is 0 Å². The minimum absolute atomic E-state index is 0.0614. The lowest BCUT2D eigenvalue weighted by atomic mass is 9.85. The Labute approximate surface area is 239 Å². The first kappa shape index (κ1) is 28.1. The molecule has 3 atom stereocenters. The smallest absolute Gasteiger partial charge is 0.307 e. The maximum Gasteiger partial charge on any atom is 0.307 e. The summed E-state index contributed by atoms with van der Waals surface area (Å²) in [5, 5.41) is 21.9. The van der Waals surface area contributed by atoms with E-state index in [1.54, 1.807) is 16.2 Å². The molecule has 8 nitrogen and oxygen atoms in total. The molecule has 1 aliphatic carbocycles. The van der Waals surface area contributed by atoms with Crippen molar-refractivity contribution in [2.45, 2.75) is 40.2 Å². The molecule has 0 radical (unpaired) electrons. The van der Waals surface area contributed by atoms with Crippen LogP contribution in [0.1, 0.15) is 46.8 Å².